The van der Waals surface area contributed by atoms with Crippen molar-refractivity contribution in [1.29, 1.82) is 0 Å². The molecule has 1 saturated carbocycles. The van der Waals surface area contributed by atoms with Crippen LogP contribution in [0.1, 0.15) is 52.9 Å². The number of hydrogen-bond acceptors (Lipinski definition) is 4. The van der Waals surface area contributed by atoms with Crippen LogP contribution in [0.25, 0.3) is 11.0 Å². The molecule has 1 fully saturated rings. The Balaban J connectivity index is 1.67. The Morgan fingerprint density at radius 2 is 2.04 bits per heavy atom. The van der Waals surface area contributed by atoms with E-state index in [-0.39, 0.29) is 11.9 Å². The Bertz CT molecular complexity index is 994. The van der Waals surface area contributed by atoms with Crippen LogP contribution < -0.4 is 5.32 Å². The van der Waals surface area contributed by atoms with E-state index in [1.807, 2.05) is 49.0 Å². The van der Waals surface area contributed by atoms with Crippen molar-refractivity contribution in [3.8, 4) is 0 Å². The summed E-state index contributed by atoms with van der Waals surface area (Å²) in [6.07, 6.45) is 8.56. The zero-order chi connectivity index (χ0) is 19.7. The van der Waals surface area contributed by atoms with Gasteiger partial charge in [0.2, 0.25) is 0 Å². The molecule has 146 valence electrons. The maximum atomic E-state index is 13.0. The number of fused-ring (bicyclic) bond motifs is 1. The number of aryl methyl sites for hydroxylation is 2. The highest BCUT2D eigenvalue weighted by Gasteiger charge is 2.26. The molecule has 2 atom stereocenters. The average Bonchev–Trinajstić information content (AvgIpc) is 3.05. The number of hydrogen-bond donors (Lipinski definition) is 2. The van der Waals surface area contributed by atoms with E-state index in [4.69, 9.17) is 0 Å². The van der Waals surface area contributed by atoms with Gasteiger partial charge in [0.15, 0.2) is 0 Å². The third-order valence-electron chi connectivity index (χ3n) is 5.55. The molecule has 1 amide bonds. The lowest BCUT2D eigenvalue weighted by Crippen LogP contribution is -2.45. The van der Waals surface area contributed by atoms with Gasteiger partial charge in [-0.15, -0.1) is 0 Å². The number of aromatic nitrogens is 3. The van der Waals surface area contributed by atoms with Gasteiger partial charge >= 0.3 is 0 Å². The molecule has 0 bridgehead atoms. The van der Waals surface area contributed by atoms with Crippen LogP contribution in [0, 0.1) is 13.8 Å². The van der Waals surface area contributed by atoms with Crippen LogP contribution in [-0.4, -0.2) is 37.7 Å². The van der Waals surface area contributed by atoms with Gasteiger partial charge in [-0.3, -0.25) is 14.8 Å². The molecule has 1 aliphatic carbocycles. The maximum Gasteiger partial charge on any atom is 0.255 e. The van der Waals surface area contributed by atoms with Gasteiger partial charge in [-0.1, -0.05) is 18.9 Å². The molecular formula is C22H26N4O2. The summed E-state index contributed by atoms with van der Waals surface area (Å²) in [5.74, 6) is -0.176. The number of aliphatic hydroxyl groups is 1. The molecule has 1 aliphatic rings. The van der Waals surface area contributed by atoms with E-state index in [9.17, 15) is 9.90 Å². The molecule has 6 nitrogen and oxygen atoms in total. The Hall–Kier alpha value is -2.73. The highest BCUT2D eigenvalue weighted by molar-refractivity contribution is 6.06. The van der Waals surface area contributed by atoms with Crippen LogP contribution in [0.3, 0.4) is 0 Å². The van der Waals surface area contributed by atoms with E-state index in [2.05, 4.69) is 15.3 Å². The monoisotopic (exact) mass is 378 g/mol. The first kappa shape index (κ1) is 18.6. The van der Waals surface area contributed by atoms with E-state index < -0.39 is 6.10 Å². The molecule has 0 saturated heterocycles. The number of pyridine rings is 2. The van der Waals surface area contributed by atoms with E-state index >= 15 is 0 Å². The summed E-state index contributed by atoms with van der Waals surface area (Å²) in [6.45, 7) is 4.61. The molecule has 3 aromatic rings. The number of carbonyl (C=O) groups excluding carboxylic acids is 1. The average molecular weight is 378 g/mol. The zero-order valence-electron chi connectivity index (χ0n) is 16.4. The molecule has 3 aromatic heterocycles. The van der Waals surface area contributed by atoms with Crippen molar-refractivity contribution in [3.05, 3.63) is 59.2 Å². The predicted octanol–water partition coefficient (Wildman–Crippen LogP) is 3.13. The zero-order valence-corrected chi connectivity index (χ0v) is 16.4. The maximum absolute atomic E-state index is 13.0. The highest BCUT2D eigenvalue weighted by Crippen LogP contribution is 2.25. The van der Waals surface area contributed by atoms with Crippen LogP contribution in [-0.2, 0) is 6.54 Å². The summed E-state index contributed by atoms with van der Waals surface area (Å²) in [7, 11) is 0. The molecule has 3 heterocycles. The Kier molecular flexibility index (Phi) is 5.13. The van der Waals surface area contributed by atoms with Crippen molar-refractivity contribution in [1.82, 2.24) is 19.9 Å². The third kappa shape index (κ3) is 3.64. The standard InChI is InChI=1S/C22H26N4O2/c1-14-7-8-16(24-11-14)12-26-13-17(20-21(26)15(2)9-10-23-20)22(28)25-18-5-3-4-6-19(18)27/h7-11,13,18-19,27H,3-6,12H2,1-2H3,(H,25,28)/t18-,19-/m0/s1. The third-order valence-corrected chi connectivity index (χ3v) is 5.55. The van der Waals surface area contributed by atoms with Crippen molar-refractivity contribution in [2.24, 2.45) is 0 Å². The first-order valence-corrected chi connectivity index (χ1v) is 9.88. The lowest BCUT2D eigenvalue weighted by atomic mass is 9.92. The molecule has 28 heavy (non-hydrogen) atoms. The minimum atomic E-state index is -0.475. The number of carbonyl (C=O) groups is 1. The summed E-state index contributed by atoms with van der Waals surface area (Å²) in [5.41, 5.74) is 5.29. The van der Waals surface area contributed by atoms with Crippen LogP contribution >= 0.6 is 0 Å². The van der Waals surface area contributed by atoms with Crippen LogP contribution in [0.4, 0.5) is 0 Å². The van der Waals surface area contributed by atoms with E-state index in [1.165, 1.54) is 0 Å². The van der Waals surface area contributed by atoms with E-state index in [0.717, 1.165) is 48.0 Å². The number of amides is 1. The summed E-state index contributed by atoms with van der Waals surface area (Å²) in [5, 5.41) is 13.2. The summed E-state index contributed by atoms with van der Waals surface area (Å²) in [4.78, 5) is 22.0. The molecule has 6 heteroatoms. The number of aliphatic hydroxyl groups excluding tert-OH is 1. The Morgan fingerprint density at radius 3 is 2.79 bits per heavy atom. The normalized spacial score (nSPS) is 19.7. The van der Waals surface area contributed by atoms with Crippen molar-refractivity contribution >= 4 is 16.9 Å². The van der Waals surface area contributed by atoms with Gasteiger partial charge in [0.25, 0.3) is 5.91 Å². The molecule has 0 aliphatic heterocycles. The van der Waals surface area contributed by atoms with Crippen molar-refractivity contribution < 1.29 is 9.90 Å². The second-order valence-electron chi connectivity index (χ2n) is 7.75. The van der Waals surface area contributed by atoms with Gasteiger partial charge in [0.1, 0.15) is 5.52 Å². The highest BCUT2D eigenvalue weighted by atomic mass is 16.3. The lowest BCUT2D eigenvalue weighted by molar-refractivity contribution is 0.0718. The Labute approximate surface area is 164 Å². The number of nitrogens with zero attached hydrogens (tertiary/aromatic N) is 3. The van der Waals surface area contributed by atoms with Gasteiger partial charge in [-0.05, 0) is 49.9 Å². The second-order valence-corrected chi connectivity index (χ2v) is 7.75. The van der Waals surface area contributed by atoms with Gasteiger partial charge in [-0.2, -0.15) is 0 Å². The quantitative estimate of drug-likeness (QED) is 0.731. The second kappa shape index (κ2) is 7.72. The van der Waals surface area contributed by atoms with Gasteiger partial charge in [0, 0.05) is 18.6 Å². The minimum Gasteiger partial charge on any atom is -0.391 e. The summed E-state index contributed by atoms with van der Waals surface area (Å²) < 4.78 is 2.04. The van der Waals surface area contributed by atoms with Gasteiger partial charge in [-0.25, -0.2) is 0 Å². The predicted molar refractivity (Wildman–Crippen MR) is 108 cm³/mol. The molecular weight excluding hydrogens is 352 g/mol. The summed E-state index contributed by atoms with van der Waals surface area (Å²) in [6, 6.07) is 5.80. The largest absolute Gasteiger partial charge is 0.391 e. The van der Waals surface area contributed by atoms with E-state index in [1.54, 1.807) is 6.20 Å². The fourth-order valence-electron chi connectivity index (χ4n) is 3.97. The van der Waals surface area contributed by atoms with Crippen molar-refractivity contribution in [2.75, 3.05) is 0 Å². The number of nitrogens with one attached hydrogen (secondary N) is 1. The first-order valence-electron chi connectivity index (χ1n) is 9.88. The molecule has 4 rings (SSSR count). The molecule has 0 unspecified atom stereocenters. The molecule has 2 N–H and O–H groups in total. The lowest BCUT2D eigenvalue weighted by Gasteiger charge is -2.28. The van der Waals surface area contributed by atoms with Gasteiger partial charge < -0.3 is 15.0 Å². The van der Waals surface area contributed by atoms with Crippen LogP contribution in [0.5, 0.6) is 0 Å². The summed E-state index contributed by atoms with van der Waals surface area (Å²) >= 11 is 0. The molecule has 0 spiro atoms. The fourth-order valence-corrected chi connectivity index (χ4v) is 3.97. The van der Waals surface area contributed by atoms with Crippen LogP contribution in [0.15, 0.2) is 36.8 Å². The topological polar surface area (TPSA) is 80.0 Å². The first-order chi connectivity index (χ1) is 13.5. The fraction of sp³-hybridized carbons (Fsp3) is 0.409. The van der Waals surface area contributed by atoms with E-state index in [0.29, 0.717) is 17.6 Å². The van der Waals surface area contributed by atoms with Crippen molar-refractivity contribution in [3.63, 3.8) is 0 Å². The molecule has 0 radical (unpaired) electrons. The van der Waals surface area contributed by atoms with Crippen molar-refractivity contribution in [2.45, 2.75) is 58.2 Å². The van der Waals surface area contributed by atoms with Gasteiger partial charge in [0.05, 0.1) is 35.5 Å². The number of rotatable bonds is 4. The van der Waals surface area contributed by atoms with Crippen LogP contribution in [0.2, 0.25) is 0 Å². The minimum absolute atomic E-state index is 0.176. The smallest absolute Gasteiger partial charge is 0.255 e. The molecule has 0 aromatic carbocycles. The SMILES string of the molecule is Cc1ccc(Cn2cc(C(=O)N[C@H]3CCCC[C@@H]3O)c3nccc(C)c32)nc1. The Morgan fingerprint density at radius 1 is 1.21 bits per heavy atom.